The number of carbonyl (C=O) groups is 1. The van der Waals surface area contributed by atoms with Gasteiger partial charge in [-0.1, -0.05) is 38.3 Å². The quantitative estimate of drug-likeness (QED) is 0.649. The number of amides is 1. The lowest BCUT2D eigenvalue weighted by molar-refractivity contribution is 0.0557. The van der Waals surface area contributed by atoms with E-state index in [9.17, 15) is 4.79 Å². The highest BCUT2D eigenvalue weighted by molar-refractivity contribution is 14.1. The van der Waals surface area contributed by atoms with Gasteiger partial charge in [0.25, 0.3) is 5.91 Å². The Bertz CT molecular complexity index is 489. The predicted octanol–water partition coefficient (Wildman–Crippen LogP) is 4.99. The molecule has 2 rings (SSSR count). The van der Waals surface area contributed by atoms with Crippen LogP contribution in [0.15, 0.2) is 18.2 Å². The van der Waals surface area contributed by atoms with Crippen molar-refractivity contribution >= 4 is 40.1 Å². The fraction of sp³-hybridized carbons (Fsp3) is 0.562. The highest BCUT2D eigenvalue weighted by atomic mass is 127. The van der Waals surface area contributed by atoms with Crippen LogP contribution >= 0.6 is 34.2 Å². The molecule has 0 atom stereocenters. The number of nitrogens with zero attached hydrogens (tertiary/aromatic N) is 1. The third-order valence-electron chi connectivity index (χ3n) is 4.77. The van der Waals surface area contributed by atoms with Crippen LogP contribution in [0.3, 0.4) is 0 Å². The van der Waals surface area contributed by atoms with Crippen molar-refractivity contribution in [3.63, 3.8) is 0 Å². The Balaban J connectivity index is 2.10. The first-order valence-corrected chi connectivity index (χ1v) is 8.71. The first-order valence-electron chi connectivity index (χ1n) is 7.25. The molecule has 0 spiro atoms. The fourth-order valence-corrected chi connectivity index (χ4v) is 3.71. The summed E-state index contributed by atoms with van der Waals surface area (Å²) >= 11 is 8.22. The van der Waals surface area contributed by atoms with Crippen LogP contribution in [0.25, 0.3) is 0 Å². The molecule has 1 aliphatic heterocycles. The molecule has 0 radical (unpaired) electrons. The molecule has 1 heterocycles. The summed E-state index contributed by atoms with van der Waals surface area (Å²) in [6.45, 7) is 6.26. The van der Waals surface area contributed by atoms with E-state index in [4.69, 9.17) is 11.6 Å². The number of piperidine rings is 1. The second-order valence-electron chi connectivity index (χ2n) is 5.62. The van der Waals surface area contributed by atoms with E-state index >= 15 is 0 Å². The second-order valence-corrected chi connectivity index (χ2v) is 7.22. The number of benzene rings is 1. The van der Waals surface area contributed by atoms with E-state index < -0.39 is 0 Å². The summed E-state index contributed by atoms with van der Waals surface area (Å²) in [4.78, 5) is 14.6. The smallest absolute Gasteiger partial charge is 0.254 e. The summed E-state index contributed by atoms with van der Waals surface area (Å²) in [7, 11) is 0. The zero-order valence-corrected chi connectivity index (χ0v) is 15.0. The van der Waals surface area contributed by atoms with Crippen LogP contribution in [-0.4, -0.2) is 23.9 Å². The molecule has 0 N–H and O–H groups in total. The molecule has 1 saturated heterocycles. The summed E-state index contributed by atoms with van der Waals surface area (Å²) < 4.78 is 0.972. The summed E-state index contributed by atoms with van der Waals surface area (Å²) in [6.07, 6.45) is 4.65. The van der Waals surface area contributed by atoms with Gasteiger partial charge >= 0.3 is 0 Å². The van der Waals surface area contributed by atoms with Gasteiger partial charge in [-0.25, -0.2) is 0 Å². The lowest BCUT2D eigenvalue weighted by atomic mass is 9.74. The third kappa shape index (κ3) is 3.30. The van der Waals surface area contributed by atoms with Crippen molar-refractivity contribution in [3.8, 4) is 0 Å². The highest BCUT2D eigenvalue weighted by Crippen LogP contribution is 2.38. The number of hydrogen-bond acceptors (Lipinski definition) is 1. The van der Waals surface area contributed by atoms with E-state index in [1.54, 1.807) is 6.07 Å². The van der Waals surface area contributed by atoms with Crippen molar-refractivity contribution in [2.75, 3.05) is 13.1 Å². The fourth-order valence-electron chi connectivity index (χ4n) is 2.97. The first kappa shape index (κ1) is 16.1. The topological polar surface area (TPSA) is 20.3 Å². The molecule has 2 nitrogen and oxygen atoms in total. The Morgan fingerprint density at radius 2 is 1.90 bits per heavy atom. The Labute approximate surface area is 140 Å². The molecule has 0 unspecified atom stereocenters. The largest absolute Gasteiger partial charge is 0.339 e. The molecule has 0 saturated carbocycles. The molecule has 110 valence electrons. The van der Waals surface area contributed by atoms with Gasteiger partial charge in [0, 0.05) is 21.7 Å². The Morgan fingerprint density at radius 3 is 2.45 bits per heavy atom. The maximum absolute atomic E-state index is 12.6. The van der Waals surface area contributed by atoms with Crippen molar-refractivity contribution in [2.24, 2.45) is 5.41 Å². The molecule has 1 amide bonds. The molecule has 1 aliphatic rings. The number of rotatable bonds is 3. The van der Waals surface area contributed by atoms with Gasteiger partial charge in [-0.15, -0.1) is 0 Å². The van der Waals surface area contributed by atoms with Crippen LogP contribution in [0.4, 0.5) is 0 Å². The first-order chi connectivity index (χ1) is 9.51. The molecular weight excluding hydrogens is 385 g/mol. The van der Waals surface area contributed by atoms with E-state index in [1.807, 2.05) is 17.0 Å². The minimum absolute atomic E-state index is 0.123. The minimum Gasteiger partial charge on any atom is -0.339 e. The van der Waals surface area contributed by atoms with Gasteiger partial charge < -0.3 is 4.90 Å². The Morgan fingerprint density at radius 1 is 1.30 bits per heavy atom. The van der Waals surface area contributed by atoms with Gasteiger partial charge in [0.05, 0.1) is 5.56 Å². The zero-order chi connectivity index (χ0) is 14.8. The third-order valence-corrected chi connectivity index (χ3v) is 5.95. The molecule has 1 aromatic rings. The molecule has 20 heavy (non-hydrogen) atoms. The van der Waals surface area contributed by atoms with E-state index in [0.717, 1.165) is 35.1 Å². The highest BCUT2D eigenvalue weighted by Gasteiger charge is 2.33. The maximum Gasteiger partial charge on any atom is 0.254 e. The predicted molar refractivity (Wildman–Crippen MR) is 92.3 cm³/mol. The van der Waals surface area contributed by atoms with Crippen molar-refractivity contribution in [3.05, 3.63) is 32.4 Å². The maximum atomic E-state index is 12.6. The Hall–Kier alpha value is -0.290. The summed E-state index contributed by atoms with van der Waals surface area (Å²) in [6, 6.07) is 5.52. The van der Waals surface area contributed by atoms with E-state index in [1.165, 1.54) is 12.8 Å². The summed E-state index contributed by atoms with van der Waals surface area (Å²) in [5, 5.41) is 0.627. The SMILES string of the molecule is CCC1(CC)CCN(C(=O)c2cc(Cl)ccc2I)CC1. The van der Waals surface area contributed by atoms with Crippen LogP contribution in [0.1, 0.15) is 49.9 Å². The van der Waals surface area contributed by atoms with Crippen LogP contribution in [0.2, 0.25) is 5.02 Å². The zero-order valence-electron chi connectivity index (χ0n) is 12.1. The number of likely N-dealkylation sites (tertiary alicyclic amines) is 1. The average molecular weight is 406 g/mol. The lowest BCUT2D eigenvalue weighted by Gasteiger charge is -2.41. The number of halogens is 2. The molecular formula is C16H21ClINO. The lowest BCUT2D eigenvalue weighted by Crippen LogP contribution is -2.43. The van der Waals surface area contributed by atoms with E-state index in [2.05, 4.69) is 36.4 Å². The second kappa shape index (κ2) is 6.65. The van der Waals surface area contributed by atoms with Gasteiger partial charge in [0.1, 0.15) is 0 Å². The van der Waals surface area contributed by atoms with Crippen molar-refractivity contribution in [1.82, 2.24) is 4.90 Å². The van der Waals surface area contributed by atoms with Crippen LogP contribution in [0.5, 0.6) is 0 Å². The van der Waals surface area contributed by atoms with Crippen LogP contribution < -0.4 is 0 Å². The monoisotopic (exact) mass is 405 g/mol. The number of carbonyl (C=O) groups excluding carboxylic acids is 1. The van der Waals surface area contributed by atoms with Gasteiger partial charge in [-0.3, -0.25) is 4.79 Å². The Kier molecular flexibility index (Phi) is 5.35. The van der Waals surface area contributed by atoms with Gasteiger partial charge in [0.15, 0.2) is 0 Å². The summed E-state index contributed by atoms with van der Waals surface area (Å²) in [5.74, 6) is 0.123. The molecule has 0 aromatic heterocycles. The molecule has 1 fully saturated rings. The normalized spacial score (nSPS) is 18.1. The van der Waals surface area contributed by atoms with Gasteiger partial charge in [-0.2, -0.15) is 0 Å². The van der Waals surface area contributed by atoms with Crippen LogP contribution in [-0.2, 0) is 0 Å². The van der Waals surface area contributed by atoms with E-state index in [-0.39, 0.29) is 5.91 Å². The summed E-state index contributed by atoms with van der Waals surface area (Å²) in [5.41, 5.74) is 1.18. The molecule has 0 aliphatic carbocycles. The molecule has 1 aromatic carbocycles. The number of hydrogen-bond donors (Lipinski definition) is 0. The van der Waals surface area contributed by atoms with Crippen molar-refractivity contribution < 1.29 is 4.79 Å². The van der Waals surface area contributed by atoms with E-state index in [0.29, 0.717) is 10.4 Å². The minimum atomic E-state index is 0.123. The van der Waals surface area contributed by atoms with Crippen molar-refractivity contribution in [2.45, 2.75) is 39.5 Å². The van der Waals surface area contributed by atoms with Gasteiger partial charge in [-0.05, 0) is 59.0 Å². The van der Waals surface area contributed by atoms with Crippen molar-refractivity contribution in [1.29, 1.82) is 0 Å². The standard InChI is InChI=1S/C16H21ClINO/c1-3-16(4-2)7-9-19(10-8-16)15(20)13-11-12(17)5-6-14(13)18/h5-6,11H,3-4,7-10H2,1-2H3. The van der Waals surface area contributed by atoms with Gasteiger partial charge in [0.2, 0.25) is 0 Å². The van der Waals surface area contributed by atoms with Crippen LogP contribution in [0, 0.1) is 8.99 Å². The average Bonchev–Trinajstić information content (AvgIpc) is 2.49. The molecule has 4 heteroatoms. The molecule has 0 bridgehead atoms.